The molecule has 0 heterocycles. The van der Waals surface area contributed by atoms with Crippen molar-refractivity contribution < 1.29 is 14.3 Å². The van der Waals surface area contributed by atoms with Crippen LogP contribution in [0.4, 0.5) is 10.5 Å². The minimum absolute atomic E-state index is 0.0157. The van der Waals surface area contributed by atoms with Crippen LogP contribution in [0.15, 0.2) is 28.7 Å². The fourth-order valence-electron chi connectivity index (χ4n) is 2.05. The van der Waals surface area contributed by atoms with E-state index in [4.69, 9.17) is 4.74 Å². The van der Waals surface area contributed by atoms with Crippen molar-refractivity contribution in [2.75, 3.05) is 6.54 Å². The molecule has 0 aliphatic rings. The van der Waals surface area contributed by atoms with E-state index in [2.05, 4.69) is 21.2 Å². The predicted octanol–water partition coefficient (Wildman–Crippen LogP) is 3.71. The van der Waals surface area contributed by atoms with Crippen LogP contribution < -0.4 is 9.96 Å². The summed E-state index contributed by atoms with van der Waals surface area (Å²) in [4.78, 5) is 24.4. The Bertz CT molecular complexity index is 586. The van der Waals surface area contributed by atoms with Crippen molar-refractivity contribution in [1.82, 2.24) is 9.96 Å². The first-order chi connectivity index (χ1) is 10.5. The van der Waals surface area contributed by atoms with E-state index in [1.54, 1.807) is 52.0 Å². The van der Waals surface area contributed by atoms with E-state index in [9.17, 15) is 14.8 Å². The Morgan fingerprint density at radius 3 is 2.39 bits per heavy atom. The van der Waals surface area contributed by atoms with Gasteiger partial charge in [-0.1, -0.05) is 12.1 Å². The quantitative estimate of drug-likeness (QED) is 0.631. The zero-order valence-electron chi connectivity index (χ0n) is 14.1. The van der Waals surface area contributed by atoms with Crippen LogP contribution in [0.25, 0.3) is 0 Å². The molecule has 1 rings (SSSR count). The third kappa shape index (κ3) is 5.02. The molecule has 0 aliphatic carbocycles. The molecule has 0 saturated carbocycles. The molecular formula is C16H23BrN2O4. The maximum Gasteiger partial charge on any atom is 0.408 e. The number of hydroxylamine groups is 2. The van der Waals surface area contributed by atoms with Gasteiger partial charge in [-0.25, -0.2) is 9.59 Å². The summed E-state index contributed by atoms with van der Waals surface area (Å²) in [6, 6.07) is 5.78. The summed E-state index contributed by atoms with van der Waals surface area (Å²) in [5.41, 5.74) is -0.374. The van der Waals surface area contributed by atoms with E-state index in [-0.39, 0.29) is 6.54 Å². The molecule has 2 unspecified atom stereocenters. The van der Waals surface area contributed by atoms with Crippen LogP contribution >= 0.6 is 15.9 Å². The number of nitrogens with one attached hydrogen (secondary N) is 1. The number of carbonyl (C=O) groups is 2. The molecule has 0 aliphatic heterocycles. The molecule has 1 aromatic rings. The van der Waals surface area contributed by atoms with Gasteiger partial charge in [0.2, 0.25) is 0 Å². The van der Waals surface area contributed by atoms with Gasteiger partial charge in [0.1, 0.15) is 11.6 Å². The largest absolute Gasteiger partial charge is 0.620 e. The van der Waals surface area contributed by atoms with E-state index in [0.29, 0.717) is 10.2 Å². The highest BCUT2D eigenvalue weighted by atomic mass is 79.9. The first-order valence-electron chi connectivity index (χ1n) is 7.39. The van der Waals surface area contributed by atoms with Crippen LogP contribution in [0, 0.1) is 5.21 Å². The lowest BCUT2D eigenvalue weighted by Gasteiger charge is -2.40. The molecule has 7 heteroatoms. The number of alkyl carbamates (subject to hydrolysis) is 1. The molecule has 1 aromatic carbocycles. The molecular weight excluding hydrogens is 364 g/mol. The minimum Gasteiger partial charge on any atom is -0.620 e. The van der Waals surface area contributed by atoms with Crippen molar-refractivity contribution in [3.8, 4) is 0 Å². The maximum absolute atomic E-state index is 13.1. The lowest BCUT2D eigenvalue weighted by atomic mass is 10.2. The molecule has 2 atom stereocenters. The standard InChI is InChI=1S/C16H23BrN2O4/c1-6-19(22,13-10-8-7-9-12(13)17)14(20)11(2)18-15(21)23-16(3,4)5/h7-11H,6H2,1-5H3,(H,18,21). The second kappa shape index (κ2) is 7.42. The van der Waals surface area contributed by atoms with Gasteiger partial charge in [-0.05, 0) is 56.6 Å². The summed E-state index contributed by atoms with van der Waals surface area (Å²) in [5.74, 6) is -0.662. The van der Waals surface area contributed by atoms with Gasteiger partial charge in [-0.2, -0.15) is 0 Å². The summed E-state index contributed by atoms with van der Waals surface area (Å²) < 4.78 is 4.50. The predicted molar refractivity (Wildman–Crippen MR) is 93.7 cm³/mol. The molecule has 0 aromatic heterocycles. The van der Waals surface area contributed by atoms with E-state index in [1.807, 2.05) is 0 Å². The molecule has 0 radical (unpaired) electrons. The molecule has 2 amide bonds. The Morgan fingerprint density at radius 2 is 1.91 bits per heavy atom. The number of amides is 2. The van der Waals surface area contributed by atoms with Gasteiger partial charge in [-0.3, -0.25) is 4.65 Å². The highest BCUT2D eigenvalue weighted by molar-refractivity contribution is 9.10. The Morgan fingerprint density at radius 1 is 1.35 bits per heavy atom. The van der Waals surface area contributed by atoms with Crippen LogP contribution in [-0.2, 0) is 9.53 Å². The third-order valence-electron chi connectivity index (χ3n) is 3.15. The van der Waals surface area contributed by atoms with Crippen molar-refractivity contribution in [2.45, 2.75) is 46.3 Å². The van der Waals surface area contributed by atoms with Gasteiger partial charge < -0.3 is 15.3 Å². The topological polar surface area (TPSA) is 78.5 Å². The normalized spacial score (nSPS) is 15.4. The van der Waals surface area contributed by atoms with Crippen molar-refractivity contribution in [3.63, 3.8) is 0 Å². The second-order valence-corrected chi connectivity index (χ2v) is 7.07. The van der Waals surface area contributed by atoms with Crippen LogP contribution in [0.3, 0.4) is 0 Å². The Kier molecular flexibility index (Phi) is 6.33. The number of hydrogen-bond donors (Lipinski definition) is 1. The summed E-state index contributed by atoms with van der Waals surface area (Å²) >= 11 is 3.30. The van der Waals surface area contributed by atoms with Crippen LogP contribution in [-0.4, -0.2) is 30.2 Å². The van der Waals surface area contributed by atoms with Gasteiger partial charge in [0.25, 0.3) is 0 Å². The average Bonchev–Trinajstić information content (AvgIpc) is 2.44. The summed E-state index contributed by atoms with van der Waals surface area (Å²) in [5, 5.41) is 15.5. The average molecular weight is 387 g/mol. The number of carbonyl (C=O) groups excluding carboxylic acids is 2. The van der Waals surface area contributed by atoms with Gasteiger partial charge in [0, 0.05) is 6.07 Å². The molecule has 1 N–H and O–H groups in total. The lowest BCUT2D eigenvalue weighted by molar-refractivity contribution is -0.129. The first-order valence-corrected chi connectivity index (χ1v) is 8.18. The zero-order valence-corrected chi connectivity index (χ0v) is 15.6. The Labute approximate surface area is 145 Å². The summed E-state index contributed by atoms with van der Waals surface area (Å²) in [6.45, 7) is 8.29. The Hall–Kier alpha value is -1.44. The van der Waals surface area contributed by atoms with Crippen molar-refractivity contribution in [2.24, 2.45) is 0 Å². The highest BCUT2D eigenvalue weighted by Crippen LogP contribution is 2.31. The number of likely N-dealkylation sites (N-methyl/N-ethyl adjacent to an activating group) is 1. The number of hydrogen-bond acceptors (Lipinski definition) is 4. The summed E-state index contributed by atoms with van der Waals surface area (Å²) in [6.07, 6.45) is -0.729. The molecule has 0 spiro atoms. The van der Waals surface area contributed by atoms with Gasteiger partial charge in [-0.15, -0.1) is 0 Å². The highest BCUT2D eigenvalue weighted by Gasteiger charge is 2.35. The number of para-hydroxylation sites is 1. The number of ether oxygens (including phenoxy) is 1. The number of benzene rings is 1. The molecule has 0 bridgehead atoms. The van der Waals surface area contributed by atoms with E-state index < -0.39 is 28.3 Å². The van der Waals surface area contributed by atoms with Gasteiger partial charge in [0.15, 0.2) is 5.69 Å². The SMILES string of the molecule is CC[N+]([O-])(C(=O)C(C)NC(=O)OC(C)(C)C)c1ccccc1Br. The van der Waals surface area contributed by atoms with Gasteiger partial charge in [0.05, 0.1) is 11.0 Å². The lowest BCUT2D eigenvalue weighted by Crippen LogP contribution is -2.57. The van der Waals surface area contributed by atoms with Crippen LogP contribution in [0.1, 0.15) is 34.6 Å². The van der Waals surface area contributed by atoms with Crippen molar-refractivity contribution >= 4 is 33.6 Å². The molecule has 6 nitrogen and oxygen atoms in total. The Balaban J connectivity index is 2.96. The second-order valence-electron chi connectivity index (χ2n) is 6.21. The van der Waals surface area contributed by atoms with Crippen LogP contribution in [0.5, 0.6) is 0 Å². The number of rotatable bonds is 4. The molecule has 0 saturated heterocycles. The molecule has 128 valence electrons. The summed E-state index contributed by atoms with van der Waals surface area (Å²) in [7, 11) is 0. The van der Waals surface area contributed by atoms with Crippen LogP contribution in [0.2, 0.25) is 0 Å². The third-order valence-corrected chi connectivity index (χ3v) is 3.82. The monoisotopic (exact) mass is 386 g/mol. The molecule has 23 heavy (non-hydrogen) atoms. The number of quaternary nitrogens is 1. The number of nitrogens with zero attached hydrogens (tertiary/aromatic N) is 1. The minimum atomic E-state index is -1.17. The zero-order chi connectivity index (χ0) is 17.8. The maximum atomic E-state index is 13.1. The molecule has 0 fully saturated rings. The van der Waals surface area contributed by atoms with E-state index in [1.165, 1.54) is 6.92 Å². The number of halogens is 1. The fourth-order valence-corrected chi connectivity index (χ4v) is 2.62. The first kappa shape index (κ1) is 19.6. The van der Waals surface area contributed by atoms with Crippen molar-refractivity contribution in [3.05, 3.63) is 33.9 Å². The van der Waals surface area contributed by atoms with Crippen molar-refractivity contribution in [1.29, 1.82) is 0 Å². The van der Waals surface area contributed by atoms with E-state index >= 15 is 0 Å². The van der Waals surface area contributed by atoms with Gasteiger partial charge >= 0.3 is 12.0 Å². The smallest absolute Gasteiger partial charge is 0.408 e. The van der Waals surface area contributed by atoms with E-state index in [0.717, 1.165) is 0 Å². The fraction of sp³-hybridized carbons (Fsp3) is 0.500.